The predicted octanol–water partition coefficient (Wildman–Crippen LogP) is 4.50. The van der Waals surface area contributed by atoms with E-state index in [1.54, 1.807) is 0 Å². The van der Waals surface area contributed by atoms with Crippen LogP contribution >= 0.6 is 11.6 Å². The summed E-state index contributed by atoms with van der Waals surface area (Å²) in [5.74, 6) is 1.01. The molecule has 2 nitrogen and oxygen atoms in total. The highest BCUT2D eigenvalue weighted by molar-refractivity contribution is 6.30. The van der Waals surface area contributed by atoms with Crippen LogP contribution in [0.25, 0.3) is 0 Å². The number of hydrogen-bond donors (Lipinski definition) is 1. The number of nitrogens with one attached hydrogen (secondary N) is 1. The molecule has 1 N–H and O–H groups in total. The van der Waals surface area contributed by atoms with Crippen molar-refractivity contribution in [3.63, 3.8) is 0 Å². The Hall–Kier alpha value is -1.67. The van der Waals surface area contributed by atoms with Crippen molar-refractivity contribution in [3.05, 3.63) is 57.6 Å². The summed E-state index contributed by atoms with van der Waals surface area (Å²) in [6, 6.07) is 10.5. The van der Waals surface area contributed by atoms with Gasteiger partial charge in [0, 0.05) is 29.2 Å². The van der Waals surface area contributed by atoms with Crippen molar-refractivity contribution in [1.82, 2.24) is 0 Å². The van der Waals surface area contributed by atoms with Crippen LogP contribution in [0.2, 0.25) is 5.02 Å². The third-order valence-corrected chi connectivity index (χ3v) is 3.75. The van der Waals surface area contributed by atoms with E-state index in [1.807, 2.05) is 12.1 Å². The number of benzene rings is 2. The van der Waals surface area contributed by atoms with Gasteiger partial charge in [-0.05, 0) is 54.8 Å². The molecule has 0 radical (unpaired) electrons. The maximum atomic E-state index is 6.18. The zero-order valence-corrected chi connectivity index (χ0v) is 12.6. The van der Waals surface area contributed by atoms with E-state index >= 15 is 0 Å². The summed E-state index contributed by atoms with van der Waals surface area (Å²) in [6.45, 7) is 5.70. The van der Waals surface area contributed by atoms with Crippen molar-refractivity contribution < 1.29 is 4.74 Å². The van der Waals surface area contributed by atoms with E-state index in [2.05, 4.69) is 37.4 Å². The number of hydrogen-bond acceptors (Lipinski definition) is 2. The summed E-state index contributed by atoms with van der Waals surface area (Å²) < 4.78 is 5.72. The molecule has 0 bridgehead atoms. The maximum absolute atomic E-state index is 6.18. The molecule has 0 amide bonds. The minimum Gasteiger partial charge on any atom is -0.493 e. The average Bonchev–Trinajstić information content (AvgIpc) is 2.82. The Morgan fingerprint density at radius 1 is 1.10 bits per heavy atom. The van der Waals surface area contributed by atoms with Gasteiger partial charge in [-0.15, -0.1) is 0 Å². The van der Waals surface area contributed by atoms with Gasteiger partial charge in [-0.1, -0.05) is 17.7 Å². The van der Waals surface area contributed by atoms with Crippen LogP contribution in [0.1, 0.15) is 22.3 Å². The third kappa shape index (κ3) is 2.75. The van der Waals surface area contributed by atoms with Crippen LogP contribution in [0.15, 0.2) is 30.3 Å². The lowest BCUT2D eigenvalue weighted by Gasteiger charge is -2.12. The molecule has 0 fully saturated rings. The van der Waals surface area contributed by atoms with Gasteiger partial charge in [-0.2, -0.15) is 0 Å². The Bertz CT molecular complexity index is 631. The van der Waals surface area contributed by atoms with Crippen LogP contribution in [0.5, 0.6) is 5.75 Å². The molecule has 104 valence electrons. The highest BCUT2D eigenvalue weighted by Gasteiger charge is 2.17. The Labute approximate surface area is 124 Å². The van der Waals surface area contributed by atoms with Gasteiger partial charge >= 0.3 is 0 Å². The number of ether oxygens (including phenoxy) is 1. The van der Waals surface area contributed by atoms with Crippen molar-refractivity contribution in [2.45, 2.75) is 26.8 Å². The van der Waals surface area contributed by atoms with Gasteiger partial charge < -0.3 is 10.1 Å². The first-order valence-electron chi connectivity index (χ1n) is 6.88. The predicted molar refractivity (Wildman–Crippen MR) is 83.9 cm³/mol. The SMILES string of the molecule is Cc1cc(C)cc(NCc2cc(Cl)cc3c2OCC3)c1. The lowest BCUT2D eigenvalue weighted by molar-refractivity contribution is 0.354. The van der Waals surface area contributed by atoms with Crippen LogP contribution < -0.4 is 10.1 Å². The van der Waals surface area contributed by atoms with E-state index in [9.17, 15) is 0 Å². The van der Waals surface area contributed by atoms with Gasteiger partial charge in [0.05, 0.1) is 6.61 Å². The number of fused-ring (bicyclic) bond motifs is 1. The normalized spacial score (nSPS) is 12.9. The molecule has 0 saturated heterocycles. The first kappa shape index (κ1) is 13.3. The smallest absolute Gasteiger partial charge is 0.127 e. The molecule has 3 rings (SSSR count). The van der Waals surface area contributed by atoms with Crippen LogP contribution in [0, 0.1) is 13.8 Å². The van der Waals surface area contributed by atoms with Gasteiger partial charge in [0.1, 0.15) is 5.75 Å². The van der Waals surface area contributed by atoms with Gasteiger partial charge in [-0.25, -0.2) is 0 Å². The zero-order chi connectivity index (χ0) is 14.1. The van der Waals surface area contributed by atoms with Crippen LogP contribution in [-0.2, 0) is 13.0 Å². The second kappa shape index (κ2) is 5.37. The van der Waals surface area contributed by atoms with E-state index in [4.69, 9.17) is 16.3 Å². The Kier molecular flexibility index (Phi) is 3.58. The molecule has 2 aromatic carbocycles. The fourth-order valence-corrected chi connectivity index (χ4v) is 3.01. The van der Waals surface area contributed by atoms with Crippen LogP contribution in [0.4, 0.5) is 5.69 Å². The van der Waals surface area contributed by atoms with Crippen molar-refractivity contribution >= 4 is 17.3 Å². The summed E-state index contributed by atoms with van der Waals surface area (Å²) in [5, 5.41) is 4.24. The quantitative estimate of drug-likeness (QED) is 0.897. The minimum atomic E-state index is 0.728. The number of rotatable bonds is 3. The highest BCUT2D eigenvalue weighted by atomic mass is 35.5. The Balaban J connectivity index is 1.82. The van der Waals surface area contributed by atoms with E-state index in [0.29, 0.717) is 0 Å². The van der Waals surface area contributed by atoms with E-state index in [0.717, 1.165) is 41.6 Å². The van der Waals surface area contributed by atoms with Gasteiger partial charge in [0.15, 0.2) is 0 Å². The number of anilines is 1. The Morgan fingerprint density at radius 3 is 2.60 bits per heavy atom. The summed E-state index contributed by atoms with van der Waals surface area (Å²) in [5.41, 5.74) is 6.01. The molecule has 0 atom stereocenters. The van der Waals surface area contributed by atoms with Crippen LogP contribution in [-0.4, -0.2) is 6.61 Å². The fourth-order valence-electron chi connectivity index (χ4n) is 2.75. The van der Waals surface area contributed by atoms with E-state index in [-0.39, 0.29) is 0 Å². The lowest BCUT2D eigenvalue weighted by Crippen LogP contribution is -2.02. The molecular formula is C17H18ClNO. The van der Waals surface area contributed by atoms with Crippen molar-refractivity contribution in [2.24, 2.45) is 0 Å². The molecule has 1 aliphatic heterocycles. The van der Waals surface area contributed by atoms with Crippen molar-refractivity contribution in [1.29, 1.82) is 0 Å². The molecule has 0 aromatic heterocycles. The van der Waals surface area contributed by atoms with Gasteiger partial charge in [-0.3, -0.25) is 0 Å². The molecule has 0 aliphatic carbocycles. The topological polar surface area (TPSA) is 21.3 Å². The minimum absolute atomic E-state index is 0.728. The molecule has 1 heterocycles. The van der Waals surface area contributed by atoms with E-state index in [1.165, 1.54) is 16.7 Å². The second-order valence-corrected chi connectivity index (χ2v) is 5.82. The molecule has 0 unspecified atom stereocenters. The molecule has 0 spiro atoms. The molecule has 2 aromatic rings. The van der Waals surface area contributed by atoms with Crippen molar-refractivity contribution in [2.75, 3.05) is 11.9 Å². The molecule has 0 saturated carbocycles. The second-order valence-electron chi connectivity index (χ2n) is 5.38. The monoisotopic (exact) mass is 287 g/mol. The fraction of sp³-hybridized carbons (Fsp3) is 0.294. The summed E-state index contributed by atoms with van der Waals surface area (Å²) in [4.78, 5) is 0. The molecular weight excluding hydrogens is 270 g/mol. The Morgan fingerprint density at radius 2 is 1.85 bits per heavy atom. The van der Waals surface area contributed by atoms with Crippen molar-refractivity contribution in [3.8, 4) is 5.75 Å². The van der Waals surface area contributed by atoms with Gasteiger partial charge in [0.2, 0.25) is 0 Å². The third-order valence-electron chi connectivity index (χ3n) is 3.53. The number of aryl methyl sites for hydroxylation is 2. The largest absolute Gasteiger partial charge is 0.493 e. The van der Waals surface area contributed by atoms with Gasteiger partial charge in [0.25, 0.3) is 0 Å². The van der Waals surface area contributed by atoms with E-state index < -0.39 is 0 Å². The number of halogens is 1. The summed E-state index contributed by atoms with van der Waals surface area (Å²) in [7, 11) is 0. The van der Waals surface area contributed by atoms with Crippen LogP contribution in [0.3, 0.4) is 0 Å². The maximum Gasteiger partial charge on any atom is 0.127 e. The molecule has 1 aliphatic rings. The summed E-state index contributed by atoms with van der Waals surface area (Å²) in [6.07, 6.45) is 0.951. The lowest BCUT2D eigenvalue weighted by atomic mass is 10.1. The first-order chi connectivity index (χ1) is 9.61. The highest BCUT2D eigenvalue weighted by Crippen LogP contribution is 2.33. The standard InChI is InChI=1S/C17H18ClNO/c1-11-5-12(2)7-16(6-11)19-10-14-9-15(18)8-13-3-4-20-17(13)14/h5-9,19H,3-4,10H2,1-2H3. The molecule has 20 heavy (non-hydrogen) atoms. The average molecular weight is 288 g/mol. The molecule has 3 heteroatoms. The first-order valence-corrected chi connectivity index (χ1v) is 7.26. The zero-order valence-electron chi connectivity index (χ0n) is 11.8. The summed E-state index contributed by atoms with van der Waals surface area (Å²) >= 11 is 6.18.